The van der Waals surface area contributed by atoms with E-state index in [-0.39, 0.29) is 18.2 Å². The average molecular weight is 333 g/mol. The molecule has 0 unspecified atom stereocenters. The number of hydrogen-bond acceptors (Lipinski definition) is 3. The van der Waals surface area contributed by atoms with Crippen LogP contribution in [0.2, 0.25) is 0 Å². The van der Waals surface area contributed by atoms with Gasteiger partial charge in [0.05, 0.1) is 25.3 Å². The van der Waals surface area contributed by atoms with Crippen LogP contribution in [0, 0.1) is 0 Å². The highest BCUT2D eigenvalue weighted by atomic mass is 79.9. The largest absolute Gasteiger partial charge is 0.382 e. The summed E-state index contributed by atoms with van der Waals surface area (Å²) in [6, 6.07) is -0.104. The second-order valence-corrected chi connectivity index (χ2v) is 5.94. The Morgan fingerprint density at radius 1 is 1.74 bits per heavy atom. The number of halogens is 1. The van der Waals surface area contributed by atoms with E-state index in [1.807, 2.05) is 4.90 Å². The van der Waals surface area contributed by atoms with E-state index in [0.29, 0.717) is 13.2 Å². The first kappa shape index (κ1) is 14.8. The third-order valence-electron chi connectivity index (χ3n) is 3.46. The van der Waals surface area contributed by atoms with Gasteiger partial charge in [0.25, 0.3) is 0 Å². The van der Waals surface area contributed by atoms with Crippen molar-refractivity contribution in [1.82, 2.24) is 10.2 Å². The van der Waals surface area contributed by atoms with Crippen LogP contribution in [0.5, 0.6) is 0 Å². The van der Waals surface area contributed by atoms with Crippen molar-refractivity contribution in [3.8, 4) is 0 Å². The molecule has 6 heteroatoms. The number of nitrogens with zero attached hydrogens (tertiary/aromatic N) is 1. The molecule has 108 valence electrons. The standard InChI is InChI=1S/C13H21BrN2O3/c1-18-9-11(12-5-3-7-19-12)15-13(17)16-6-2-4-10(14)8-16/h4,11-12H,2-3,5-9H2,1H3,(H,15,17)/t11-,12+/m0/s1. The molecule has 0 aromatic rings. The van der Waals surface area contributed by atoms with Crippen LogP contribution in [0.25, 0.3) is 0 Å². The molecule has 19 heavy (non-hydrogen) atoms. The van der Waals surface area contributed by atoms with E-state index in [0.717, 1.165) is 36.9 Å². The Morgan fingerprint density at radius 3 is 3.21 bits per heavy atom. The van der Waals surface area contributed by atoms with Gasteiger partial charge in [-0.15, -0.1) is 0 Å². The fourth-order valence-electron chi connectivity index (χ4n) is 2.47. The predicted octanol–water partition coefficient (Wildman–Crippen LogP) is 1.87. The number of urea groups is 1. The molecule has 0 radical (unpaired) electrons. The third kappa shape index (κ3) is 4.19. The molecular formula is C13H21BrN2O3. The lowest BCUT2D eigenvalue weighted by Gasteiger charge is -2.30. The summed E-state index contributed by atoms with van der Waals surface area (Å²) in [5.74, 6) is 0. The first-order valence-electron chi connectivity index (χ1n) is 6.71. The number of carbonyl (C=O) groups is 1. The van der Waals surface area contributed by atoms with Gasteiger partial charge in [-0.25, -0.2) is 4.79 Å². The Hall–Kier alpha value is -0.590. The third-order valence-corrected chi connectivity index (χ3v) is 4.04. The van der Waals surface area contributed by atoms with Gasteiger partial charge in [-0.1, -0.05) is 22.0 Å². The zero-order chi connectivity index (χ0) is 13.7. The van der Waals surface area contributed by atoms with Crippen LogP contribution in [0.3, 0.4) is 0 Å². The van der Waals surface area contributed by atoms with Gasteiger partial charge >= 0.3 is 6.03 Å². The molecule has 1 N–H and O–H groups in total. The van der Waals surface area contributed by atoms with Crippen LogP contribution in [-0.4, -0.2) is 56.5 Å². The molecule has 1 saturated heterocycles. The molecular weight excluding hydrogens is 312 g/mol. The number of rotatable bonds is 4. The number of hydrogen-bond donors (Lipinski definition) is 1. The van der Waals surface area contributed by atoms with Gasteiger partial charge in [0, 0.05) is 24.7 Å². The van der Waals surface area contributed by atoms with Gasteiger partial charge in [-0.3, -0.25) is 0 Å². The summed E-state index contributed by atoms with van der Waals surface area (Å²) in [4.78, 5) is 14.0. The lowest BCUT2D eigenvalue weighted by Crippen LogP contribution is -2.52. The maximum atomic E-state index is 12.2. The minimum Gasteiger partial charge on any atom is -0.382 e. The molecule has 2 amide bonds. The van der Waals surface area contributed by atoms with Crippen LogP contribution in [-0.2, 0) is 9.47 Å². The Labute approximate surface area is 122 Å². The number of ether oxygens (including phenoxy) is 2. The van der Waals surface area contributed by atoms with Gasteiger partial charge in [0.1, 0.15) is 0 Å². The molecule has 0 aliphatic carbocycles. The predicted molar refractivity (Wildman–Crippen MR) is 76.4 cm³/mol. The molecule has 0 bridgehead atoms. The highest BCUT2D eigenvalue weighted by Gasteiger charge is 2.29. The molecule has 2 aliphatic heterocycles. The Balaban J connectivity index is 1.89. The van der Waals surface area contributed by atoms with E-state index in [1.165, 1.54) is 0 Å². The van der Waals surface area contributed by atoms with E-state index in [4.69, 9.17) is 9.47 Å². The summed E-state index contributed by atoms with van der Waals surface area (Å²) in [6.07, 6.45) is 5.11. The van der Waals surface area contributed by atoms with Gasteiger partial charge in [-0.05, 0) is 19.3 Å². The molecule has 0 saturated carbocycles. The monoisotopic (exact) mass is 332 g/mol. The van der Waals surface area contributed by atoms with Crippen molar-refractivity contribution in [2.75, 3.05) is 33.4 Å². The molecule has 2 aliphatic rings. The van der Waals surface area contributed by atoms with Gasteiger partial charge in [-0.2, -0.15) is 0 Å². The fraction of sp³-hybridized carbons (Fsp3) is 0.769. The van der Waals surface area contributed by atoms with Crippen molar-refractivity contribution in [2.24, 2.45) is 0 Å². The fourth-order valence-corrected chi connectivity index (χ4v) is 3.00. The topological polar surface area (TPSA) is 50.8 Å². The SMILES string of the molecule is COC[C@H](NC(=O)N1CCC=C(Br)C1)[C@H]1CCCO1. The highest BCUT2D eigenvalue weighted by Crippen LogP contribution is 2.18. The lowest BCUT2D eigenvalue weighted by atomic mass is 10.1. The van der Waals surface area contributed by atoms with E-state index >= 15 is 0 Å². The molecule has 2 atom stereocenters. The summed E-state index contributed by atoms with van der Waals surface area (Å²) in [5.41, 5.74) is 0. The smallest absolute Gasteiger partial charge is 0.318 e. The van der Waals surface area contributed by atoms with Gasteiger partial charge < -0.3 is 19.7 Å². The van der Waals surface area contributed by atoms with Crippen molar-refractivity contribution in [2.45, 2.75) is 31.4 Å². The van der Waals surface area contributed by atoms with E-state index in [1.54, 1.807) is 7.11 Å². The minimum atomic E-state index is -0.0651. The lowest BCUT2D eigenvalue weighted by molar-refractivity contribution is 0.0448. The van der Waals surface area contributed by atoms with Crippen molar-refractivity contribution in [3.05, 3.63) is 10.6 Å². The number of carbonyl (C=O) groups excluding carboxylic acids is 1. The molecule has 0 spiro atoms. The average Bonchev–Trinajstić information content (AvgIpc) is 2.92. The summed E-state index contributed by atoms with van der Waals surface area (Å²) in [5, 5.41) is 3.04. The van der Waals surface area contributed by atoms with E-state index in [2.05, 4.69) is 27.3 Å². The highest BCUT2D eigenvalue weighted by molar-refractivity contribution is 9.11. The zero-order valence-corrected chi connectivity index (χ0v) is 12.8. The van der Waals surface area contributed by atoms with Crippen molar-refractivity contribution in [3.63, 3.8) is 0 Å². The Morgan fingerprint density at radius 2 is 2.58 bits per heavy atom. The van der Waals surface area contributed by atoms with Crippen molar-refractivity contribution >= 4 is 22.0 Å². The quantitative estimate of drug-likeness (QED) is 0.855. The number of nitrogens with one attached hydrogen (secondary N) is 1. The maximum Gasteiger partial charge on any atom is 0.318 e. The molecule has 0 aromatic heterocycles. The molecule has 5 nitrogen and oxygen atoms in total. The molecule has 2 rings (SSSR count). The second kappa shape index (κ2) is 7.26. The van der Waals surface area contributed by atoms with Crippen molar-refractivity contribution < 1.29 is 14.3 Å². The number of methoxy groups -OCH3 is 1. The van der Waals surface area contributed by atoms with Crippen LogP contribution in [0.15, 0.2) is 10.6 Å². The first-order valence-corrected chi connectivity index (χ1v) is 7.50. The van der Waals surface area contributed by atoms with Crippen LogP contribution >= 0.6 is 15.9 Å². The first-order chi connectivity index (χ1) is 9.20. The Bertz CT molecular complexity index is 343. The molecule has 1 fully saturated rings. The normalized spacial score (nSPS) is 25.1. The summed E-state index contributed by atoms with van der Waals surface area (Å²) >= 11 is 3.45. The second-order valence-electron chi connectivity index (χ2n) is 4.92. The summed E-state index contributed by atoms with van der Waals surface area (Å²) in [7, 11) is 1.65. The van der Waals surface area contributed by atoms with E-state index in [9.17, 15) is 4.79 Å². The number of amides is 2. The minimum absolute atomic E-state index is 0.0393. The van der Waals surface area contributed by atoms with E-state index < -0.39 is 0 Å². The van der Waals surface area contributed by atoms with Gasteiger partial charge in [0.2, 0.25) is 0 Å². The van der Waals surface area contributed by atoms with Crippen LogP contribution in [0.4, 0.5) is 4.79 Å². The summed E-state index contributed by atoms with van der Waals surface area (Å²) in [6.45, 7) is 2.66. The maximum absolute atomic E-state index is 12.2. The van der Waals surface area contributed by atoms with Crippen LogP contribution in [0.1, 0.15) is 19.3 Å². The molecule has 0 aromatic carbocycles. The zero-order valence-electron chi connectivity index (χ0n) is 11.2. The van der Waals surface area contributed by atoms with Crippen molar-refractivity contribution in [1.29, 1.82) is 0 Å². The van der Waals surface area contributed by atoms with Gasteiger partial charge in [0.15, 0.2) is 0 Å². The summed E-state index contributed by atoms with van der Waals surface area (Å²) < 4.78 is 11.9. The van der Waals surface area contributed by atoms with Crippen LogP contribution < -0.4 is 5.32 Å². The molecule has 2 heterocycles. The Kier molecular flexibility index (Phi) is 5.66.